The zero-order chi connectivity index (χ0) is 33.3. The summed E-state index contributed by atoms with van der Waals surface area (Å²) in [6, 6.07) is 9.23. The second-order valence-corrected chi connectivity index (χ2v) is 13.3. The number of hydrogen-bond donors (Lipinski definition) is 0. The highest BCUT2D eigenvalue weighted by molar-refractivity contribution is 7.91. The van der Waals surface area contributed by atoms with E-state index in [-0.39, 0.29) is 42.3 Å². The van der Waals surface area contributed by atoms with Crippen LogP contribution in [0, 0.1) is 23.1 Å². The summed E-state index contributed by atoms with van der Waals surface area (Å²) in [5.41, 5.74) is -0.390. The minimum atomic E-state index is -5.02. The van der Waals surface area contributed by atoms with Crippen LogP contribution in [0.3, 0.4) is 0 Å². The molecule has 45 heavy (non-hydrogen) atoms. The van der Waals surface area contributed by atoms with Crippen molar-refractivity contribution < 1.29 is 43.9 Å². The third-order valence-electron chi connectivity index (χ3n) is 7.91. The molecule has 3 aromatic rings. The number of halogens is 7. The lowest BCUT2D eigenvalue weighted by atomic mass is 9.96. The van der Waals surface area contributed by atoms with E-state index in [9.17, 15) is 49.2 Å². The number of fused-ring (bicyclic) bond motifs is 1. The first kappa shape index (κ1) is 34.0. The third-order valence-corrected chi connectivity index (χ3v) is 9.60. The molecule has 0 fully saturated rings. The van der Waals surface area contributed by atoms with Gasteiger partial charge in [0.15, 0.2) is 9.84 Å². The Morgan fingerprint density at radius 1 is 1.13 bits per heavy atom. The number of sulfone groups is 1. The molecular weight excluding hydrogens is 629 g/mol. The van der Waals surface area contributed by atoms with E-state index >= 15 is 0 Å². The maximum absolute atomic E-state index is 13.9. The molecule has 2 atom stereocenters. The van der Waals surface area contributed by atoms with Gasteiger partial charge in [0.25, 0.3) is 0 Å². The maximum atomic E-state index is 13.9. The first-order valence-corrected chi connectivity index (χ1v) is 15.8. The van der Waals surface area contributed by atoms with Crippen molar-refractivity contribution in [3.05, 3.63) is 76.5 Å². The molecule has 0 radical (unpaired) electrons. The Bertz CT molecular complexity index is 1710. The molecule has 1 aliphatic heterocycles. The van der Waals surface area contributed by atoms with Crippen molar-refractivity contribution in [1.82, 2.24) is 14.5 Å². The number of carbonyl (C=O) groups excluding carboxylic acids is 1. The number of benzene rings is 2. The number of nitrogens with zero attached hydrogens (tertiary/aromatic N) is 4. The van der Waals surface area contributed by atoms with Gasteiger partial charge in [-0.15, -0.1) is 0 Å². The Morgan fingerprint density at radius 2 is 1.80 bits per heavy atom. The lowest BCUT2D eigenvalue weighted by Crippen LogP contribution is -2.39. The molecule has 1 aliphatic rings. The maximum Gasteiger partial charge on any atom is 0.419 e. The molecule has 0 spiro atoms. The standard InChI is InChI=1S/C30H29F7N4O3S/c1-3-45(43,44)13-12-40(26(42)15-20-6-9-24(31)23(14-20)30(35,36)37)18(2)27-28(21-7-4-19(17-38)5-8-21)41-11-10-22(29(32,33)34)16-25(41)39-27/h4-9,14,18,22H,3,10-13,15-16H2,1-2H3/t18-,22?/m1/s1. The average Bonchev–Trinajstić information content (AvgIpc) is 3.36. The molecule has 1 aromatic heterocycles. The van der Waals surface area contributed by atoms with Crippen LogP contribution in [0.2, 0.25) is 0 Å². The molecule has 4 rings (SSSR count). The fraction of sp³-hybridized carbons (Fsp3) is 0.433. The number of aromatic nitrogens is 2. The fourth-order valence-electron chi connectivity index (χ4n) is 5.34. The highest BCUT2D eigenvalue weighted by Gasteiger charge is 2.43. The van der Waals surface area contributed by atoms with Crippen molar-refractivity contribution in [2.24, 2.45) is 5.92 Å². The van der Waals surface area contributed by atoms with E-state index in [0.29, 0.717) is 29.0 Å². The first-order chi connectivity index (χ1) is 20.9. The average molecular weight is 659 g/mol. The molecule has 0 aliphatic carbocycles. The van der Waals surface area contributed by atoms with Crippen LogP contribution in [-0.4, -0.2) is 53.0 Å². The van der Waals surface area contributed by atoms with Crippen LogP contribution in [0.4, 0.5) is 30.7 Å². The number of amides is 1. The lowest BCUT2D eigenvalue weighted by Gasteiger charge is -2.30. The molecule has 7 nitrogen and oxygen atoms in total. The number of nitriles is 1. The van der Waals surface area contributed by atoms with E-state index in [1.807, 2.05) is 6.07 Å². The van der Waals surface area contributed by atoms with Gasteiger partial charge >= 0.3 is 12.4 Å². The van der Waals surface area contributed by atoms with Gasteiger partial charge in [0.2, 0.25) is 5.91 Å². The van der Waals surface area contributed by atoms with Gasteiger partial charge in [-0.3, -0.25) is 4.79 Å². The van der Waals surface area contributed by atoms with Gasteiger partial charge in [0.05, 0.1) is 52.7 Å². The summed E-state index contributed by atoms with van der Waals surface area (Å²) in [5.74, 6) is -4.61. The molecule has 242 valence electrons. The van der Waals surface area contributed by atoms with Gasteiger partial charge in [-0.25, -0.2) is 17.8 Å². The van der Waals surface area contributed by atoms with Crippen molar-refractivity contribution in [3.63, 3.8) is 0 Å². The summed E-state index contributed by atoms with van der Waals surface area (Å²) >= 11 is 0. The van der Waals surface area contributed by atoms with Gasteiger partial charge in [-0.1, -0.05) is 25.1 Å². The Hall–Kier alpha value is -3.93. The van der Waals surface area contributed by atoms with Crippen LogP contribution < -0.4 is 0 Å². The van der Waals surface area contributed by atoms with Gasteiger partial charge in [0, 0.05) is 30.8 Å². The molecule has 2 heterocycles. The highest BCUT2D eigenvalue weighted by atomic mass is 32.2. The van der Waals surface area contributed by atoms with Gasteiger partial charge in [-0.05, 0) is 43.2 Å². The quantitative estimate of drug-likeness (QED) is 0.253. The van der Waals surface area contributed by atoms with Gasteiger partial charge in [-0.2, -0.15) is 31.6 Å². The van der Waals surface area contributed by atoms with Crippen molar-refractivity contribution in [2.75, 3.05) is 18.1 Å². The van der Waals surface area contributed by atoms with E-state index in [4.69, 9.17) is 0 Å². The summed E-state index contributed by atoms with van der Waals surface area (Å²) in [7, 11) is -3.64. The largest absolute Gasteiger partial charge is 0.419 e. The monoisotopic (exact) mass is 658 g/mol. The predicted octanol–water partition coefficient (Wildman–Crippen LogP) is 6.27. The second-order valence-electron chi connectivity index (χ2n) is 10.8. The molecule has 1 amide bonds. The van der Waals surface area contributed by atoms with Crippen LogP contribution in [0.5, 0.6) is 0 Å². The third kappa shape index (κ3) is 7.66. The van der Waals surface area contributed by atoms with E-state index in [0.717, 1.165) is 11.0 Å². The van der Waals surface area contributed by atoms with Crippen LogP contribution in [0.1, 0.15) is 54.5 Å². The van der Waals surface area contributed by atoms with Crippen LogP contribution in [0.15, 0.2) is 42.5 Å². The summed E-state index contributed by atoms with van der Waals surface area (Å²) < 4.78 is 121. The van der Waals surface area contributed by atoms with Crippen LogP contribution in [0.25, 0.3) is 11.3 Å². The molecule has 1 unspecified atom stereocenters. The molecule has 2 aromatic carbocycles. The number of imidazole rings is 1. The Labute approximate surface area is 255 Å². The van der Waals surface area contributed by atoms with E-state index < -0.39 is 70.0 Å². The Balaban J connectivity index is 1.79. The summed E-state index contributed by atoms with van der Waals surface area (Å²) in [6.07, 6.45) is -10.8. The summed E-state index contributed by atoms with van der Waals surface area (Å²) in [4.78, 5) is 19.3. The van der Waals surface area contributed by atoms with E-state index in [1.54, 1.807) is 16.7 Å². The molecule has 15 heteroatoms. The van der Waals surface area contributed by atoms with E-state index in [2.05, 4.69) is 4.98 Å². The molecular formula is C30H29F7N4O3S. The van der Waals surface area contributed by atoms with Gasteiger partial charge < -0.3 is 9.47 Å². The molecule has 0 bridgehead atoms. The lowest BCUT2D eigenvalue weighted by molar-refractivity contribution is -0.179. The zero-order valence-electron chi connectivity index (χ0n) is 24.2. The Morgan fingerprint density at radius 3 is 2.38 bits per heavy atom. The summed E-state index contributed by atoms with van der Waals surface area (Å²) in [5, 5.41) is 9.23. The smallest absolute Gasteiger partial charge is 0.333 e. The minimum absolute atomic E-state index is 0.0531. The number of carbonyl (C=O) groups is 1. The van der Waals surface area contributed by atoms with E-state index in [1.165, 1.54) is 26.0 Å². The molecule has 0 N–H and O–H groups in total. The Kier molecular flexibility index (Phi) is 9.67. The van der Waals surface area contributed by atoms with Crippen LogP contribution in [-0.2, 0) is 40.2 Å². The molecule has 0 saturated carbocycles. The van der Waals surface area contributed by atoms with Crippen molar-refractivity contribution in [3.8, 4) is 17.3 Å². The second kappa shape index (κ2) is 12.8. The number of hydrogen-bond acceptors (Lipinski definition) is 5. The number of alkyl halides is 6. The predicted molar refractivity (Wildman–Crippen MR) is 150 cm³/mol. The van der Waals surface area contributed by atoms with Gasteiger partial charge in [0.1, 0.15) is 11.6 Å². The number of rotatable bonds is 9. The molecule has 0 saturated heterocycles. The topological polar surface area (TPSA) is 96.1 Å². The normalized spacial score (nSPS) is 16.1. The van der Waals surface area contributed by atoms with Crippen LogP contribution >= 0.6 is 0 Å². The summed E-state index contributed by atoms with van der Waals surface area (Å²) in [6.45, 7) is 2.48. The minimum Gasteiger partial charge on any atom is -0.333 e. The van der Waals surface area contributed by atoms with Crippen molar-refractivity contribution in [1.29, 1.82) is 5.26 Å². The fourth-order valence-corrected chi connectivity index (χ4v) is 6.10. The van der Waals surface area contributed by atoms with Crippen molar-refractivity contribution in [2.45, 2.75) is 58.0 Å². The zero-order valence-corrected chi connectivity index (χ0v) is 25.0. The van der Waals surface area contributed by atoms with Crippen molar-refractivity contribution >= 4 is 15.7 Å². The first-order valence-electron chi connectivity index (χ1n) is 14.0. The SMILES string of the molecule is CCS(=O)(=O)CCN(C(=O)Cc1ccc(F)c(C(F)(F)F)c1)[C@H](C)c1nc2n(c1-c1ccc(C#N)cc1)CCC(C(F)(F)F)C2. The highest BCUT2D eigenvalue weighted by Crippen LogP contribution is 2.40.